The number of benzene rings is 1. The van der Waals surface area contributed by atoms with Crippen LogP contribution in [-0.4, -0.2) is 37.3 Å². The lowest BCUT2D eigenvalue weighted by Gasteiger charge is -2.21. The average Bonchev–Trinajstić information content (AvgIpc) is 2.54. The fourth-order valence-corrected chi connectivity index (χ4v) is 3.80. The standard InChI is InChI=1S/C18H23N3O3S/c1-14-4-5-18(15(2)12-14)25(23,24)20-10-11-21(16(3)22)13-17-6-8-19-9-7-17/h4-9,12,20H,10-11,13H2,1-3H3. The number of nitrogens with one attached hydrogen (secondary N) is 1. The predicted octanol–water partition coefficient (Wildman–Crippen LogP) is 2.03. The van der Waals surface area contributed by atoms with Gasteiger partial charge in [-0.05, 0) is 43.2 Å². The monoisotopic (exact) mass is 361 g/mol. The first-order chi connectivity index (χ1) is 11.8. The number of sulfonamides is 1. The van der Waals surface area contributed by atoms with Gasteiger partial charge in [0, 0.05) is 39.0 Å². The number of aryl methyl sites for hydroxylation is 2. The lowest BCUT2D eigenvalue weighted by Crippen LogP contribution is -2.37. The zero-order valence-electron chi connectivity index (χ0n) is 14.7. The lowest BCUT2D eigenvalue weighted by molar-refractivity contribution is -0.129. The second-order valence-electron chi connectivity index (χ2n) is 5.96. The minimum absolute atomic E-state index is 0.109. The number of carbonyl (C=O) groups is 1. The fourth-order valence-electron chi connectivity index (χ4n) is 2.55. The number of rotatable bonds is 7. The van der Waals surface area contributed by atoms with E-state index in [9.17, 15) is 13.2 Å². The Kier molecular flexibility index (Phi) is 6.27. The number of hydrogen-bond acceptors (Lipinski definition) is 4. The van der Waals surface area contributed by atoms with E-state index in [-0.39, 0.29) is 17.3 Å². The Morgan fingerprint density at radius 2 is 1.84 bits per heavy atom. The van der Waals surface area contributed by atoms with E-state index < -0.39 is 10.0 Å². The number of aromatic nitrogens is 1. The van der Waals surface area contributed by atoms with Crippen LogP contribution in [0.2, 0.25) is 0 Å². The third-order valence-electron chi connectivity index (χ3n) is 3.86. The summed E-state index contributed by atoms with van der Waals surface area (Å²) in [4.78, 5) is 17.6. The molecule has 1 aromatic carbocycles. The molecule has 0 atom stereocenters. The summed E-state index contributed by atoms with van der Waals surface area (Å²) in [6.45, 7) is 6.03. The molecule has 0 unspecified atom stereocenters. The van der Waals surface area contributed by atoms with Crippen molar-refractivity contribution in [1.29, 1.82) is 0 Å². The van der Waals surface area contributed by atoms with Crippen LogP contribution in [-0.2, 0) is 21.4 Å². The van der Waals surface area contributed by atoms with E-state index in [1.165, 1.54) is 6.92 Å². The summed E-state index contributed by atoms with van der Waals surface area (Å²) in [5.41, 5.74) is 2.66. The normalized spacial score (nSPS) is 11.3. The number of amides is 1. The second kappa shape index (κ2) is 8.22. The minimum atomic E-state index is -3.60. The van der Waals surface area contributed by atoms with Crippen molar-refractivity contribution in [2.45, 2.75) is 32.2 Å². The molecule has 2 aromatic rings. The summed E-state index contributed by atoms with van der Waals surface area (Å²) < 4.78 is 27.5. The molecule has 0 aliphatic rings. The summed E-state index contributed by atoms with van der Waals surface area (Å²) in [5, 5.41) is 0. The Hall–Kier alpha value is -2.25. The first-order valence-electron chi connectivity index (χ1n) is 8.01. The lowest BCUT2D eigenvalue weighted by atomic mass is 10.2. The van der Waals surface area contributed by atoms with Gasteiger partial charge in [0.2, 0.25) is 15.9 Å². The molecule has 2 rings (SSSR count). The maximum Gasteiger partial charge on any atom is 0.240 e. The molecule has 0 aliphatic heterocycles. The van der Waals surface area contributed by atoms with E-state index in [0.717, 1.165) is 11.1 Å². The van der Waals surface area contributed by atoms with Crippen molar-refractivity contribution in [3.8, 4) is 0 Å². The van der Waals surface area contributed by atoms with Crippen molar-refractivity contribution in [2.75, 3.05) is 13.1 Å². The molecule has 25 heavy (non-hydrogen) atoms. The van der Waals surface area contributed by atoms with E-state index >= 15 is 0 Å². The van der Waals surface area contributed by atoms with Crippen molar-refractivity contribution in [3.05, 3.63) is 59.4 Å². The Bertz CT molecular complexity index is 836. The summed E-state index contributed by atoms with van der Waals surface area (Å²) in [7, 11) is -3.60. The summed E-state index contributed by atoms with van der Waals surface area (Å²) in [6, 6.07) is 8.87. The Labute approximate surface area is 148 Å². The molecule has 6 nitrogen and oxygen atoms in total. The summed E-state index contributed by atoms with van der Waals surface area (Å²) >= 11 is 0. The zero-order chi connectivity index (χ0) is 18.4. The molecule has 0 spiro atoms. The maximum atomic E-state index is 12.5. The third-order valence-corrected chi connectivity index (χ3v) is 5.48. The van der Waals surface area contributed by atoms with Gasteiger partial charge in [0.05, 0.1) is 4.90 Å². The Balaban J connectivity index is 2.00. The van der Waals surface area contributed by atoms with Crippen LogP contribution in [0.3, 0.4) is 0 Å². The number of hydrogen-bond donors (Lipinski definition) is 1. The van der Waals surface area contributed by atoms with Crippen molar-refractivity contribution in [1.82, 2.24) is 14.6 Å². The predicted molar refractivity (Wildman–Crippen MR) is 96.4 cm³/mol. The number of nitrogens with zero attached hydrogens (tertiary/aromatic N) is 2. The van der Waals surface area contributed by atoms with Crippen LogP contribution in [0.15, 0.2) is 47.6 Å². The molecular weight excluding hydrogens is 338 g/mol. The average molecular weight is 361 g/mol. The maximum absolute atomic E-state index is 12.5. The van der Waals surface area contributed by atoms with Crippen LogP contribution in [0, 0.1) is 13.8 Å². The first kappa shape index (κ1) is 19.1. The molecule has 134 valence electrons. The highest BCUT2D eigenvalue weighted by atomic mass is 32.2. The molecular formula is C18H23N3O3S. The Morgan fingerprint density at radius 1 is 1.16 bits per heavy atom. The summed E-state index contributed by atoms with van der Waals surface area (Å²) in [5.74, 6) is -0.109. The molecule has 0 aliphatic carbocycles. The highest BCUT2D eigenvalue weighted by molar-refractivity contribution is 7.89. The molecule has 1 aromatic heterocycles. The smallest absolute Gasteiger partial charge is 0.240 e. The molecule has 7 heteroatoms. The van der Waals surface area contributed by atoms with Gasteiger partial charge < -0.3 is 4.90 Å². The van der Waals surface area contributed by atoms with Gasteiger partial charge in [0.1, 0.15) is 0 Å². The van der Waals surface area contributed by atoms with Crippen molar-refractivity contribution in [3.63, 3.8) is 0 Å². The van der Waals surface area contributed by atoms with Gasteiger partial charge in [-0.1, -0.05) is 17.7 Å². The SMILES string of the molecule is CC(=O)N(CCNS(=O)(=O)c1ccc(C)cc1C)Cc1ccncc1. The molecule has 1 amide bonds. The van der Waals surface area contributed by atoms with Crippen LogP contribution in [0.25, 0.3) is 0 Å². The minimum Gasteiger partial charge on any atom is -0.337 e. The number of pyridine rings is 1. The molecule has 0 bridgehead atoms. The van der Waals surface area contributed by atoms with Crippen molar-refractivity contribution in [2.24, 2.45) is 0 Å². The topological polar surface area (TPSA) is 79.4 Å². The molecule has 0 radical (unpaired) electrons. The molecule has 0 saturated heterocycles. The van der Waals surface area contributed by atoms with E-state index in [1.807, 2.05) is 25.1 Å². The van der Waals surface area contributed by atoms with Crippen LogP contribution >= 0.6 is 0 Å². The van der Waals surface area contributed by atoms with Gasteiger partial charge in [0.25, 0.3) is 0 Å². The largest absolute Gasteiger partial charge is 0.337 e. The first-order valence-corrected chi connectivity index (χ1v) is 9.49. The van der Waals surface area contributed by atoms with Crippen molar-refractivity contribution >= 4 is 15.9 Å². The quantitative estimate of drug-likeness (QED) is 0.818. The fraction of sp³-hybridized carbons (Fsp3) is 0.333. The molecule has 1 N–H and O–H groups in total. The van der Waals surface area contributed by atoms with Crippen molar-refractivity contribution < 1.29 is 13.2 Å². The van der Waals surface area contributed by atoms with E-state index in [0.29, 0.717) is 18.7 Å². The molecule has 0 fully saturated rings. The van der Waals surface area contributed by atoms with E-state index in [1.54, 1.807) is 36.4 Å². The molecule has 0 saturated carbocycles. The van der Waals surface area contributed by atoms with Crippen LogP contribution in [0.4, 0.5) is 0 Å². The van der Waals surface area contributed by atoms with E-state index in [2.05, 4.69) is 9.71 Å². The van der Waals surface area contributed by atoms with Gasteiger partial charge in [-0.2, -0.15) is 0 Å². The second-order valence-corrected chi connectivity index (χ2v) is 7.70. The highest BCUT2D eigenvalue weighted by Gasteiger charge is 2.17. The van der Waals surface area contributed by atoms with Crippen LogP contribution in [0.1, 0.15) is 23.6 Å². The Morgan fingerprint density at radius 3 is 2.44 bits per heavy atom. The molecule has 1 heterocycles. The van der Waals surface area contributed by atoms with Gasteiger partial charge in [-0.25, -0.2) is 13.1 Å². The zero-order valence-corrected chi connectivity index (χ0v) is 15.5. The van der Waals surface area contributed by atoms with E-state index in [4.69, 9.17) is 0 Å². The third kappa shape index (κ3) is 5.37. The van der Waals surface area contributed by atoms with Crippen LogP contribution < -0.4 is 4.72 Å². The van der Waals surface area contributed by atoms with Gasteiger partial charge >= 0.3 is 0 Å². The summed E-state index contributed by atoms with van der Waals surface area (Å²) in [6.07, 6.45) is 3.33. The van der Waals surface area contributed by atoms with Gasteiger partial charge in [-0.15, -0.1) is 0 Å². The number of carbonyl (C=O) groups excluding carboxylic acids is 1. The highest BCUT2D eigenvalue weighted by Crippen LogP contribution is 2.16. The van der Waals surface area contributed by atoms with Gasteiger partial charge in [0.15, 0.2) is 0 Å². The van der Waals surface area contributed by atoms with Crippen LogP contribution in [0.5, 0.6) is 0 Å². The van der Waals surface area contributed by atoms with Gasteiger partial charge in [-0.3, -0.25) is 9.78 Å².